The molecule has 116 valence electrons. The van der Waals surface area contributed by atoms with E-state index in [0.29, 0.717) is 29.7 Å². The normalized spacial score (nSPS) is 19.7. The van der Waals surface area contributed by atoms with Gasteiger partial charge in [0.15, 0.2) is 0 Å². The molecule has 6 heteroatoms. The van der Waals surface area contributed by atoms with Crippen LogP contribution in [0.5, 0.6) is 0 Å². The van der Waals surface area contributed by atoms with E-state index in [9.17, 15) is 4.79 Å². The molecule has 1 aliphatic heterocycles. The summed E-state index contributed by atoms with van der Waals surface area (Å²) < 4.78 is 11.0. The summed E-state index contributed by atoms with van der Waals surface area (Å²) in [6.45, 7) is 5.04. The quantitative estimate of drug-likeness (QED) is 0.852. The Bertz CT molecular complexity index is 534. The zero-order valence-corrected chi connectivity index (χ0v) is 13.9. The summed E-state index contributed by atoms with van der Waals surface area (Å²) in [6, 6.07) is 5.39. The standard InChI is InChI=1S/C15H19Cl2NO3/c1-15(2,20-3)14(19)18-6-7-21-13(9-18)10-4-5-11(16)12(17)8-10/h4-5,8,13H,6-7,9H2,1-3H3. The second-order valence-corrected chi connectivity index (χ2v) is 6.31. The van der Waals surface area contributed by atoms with Crippen LogP contribution in [-0.2, 0) is 14.3 Å². The highest BCUT2D eigenvalue weighted by molar-refractivity contribution is 6.42. The number of carbonyl (C=O) groups is 1. The van der Waals surface area contributed by atoms with E-state index in [1.807, 2.05) is 6.07 Å². The van der Waals surface area contributed by atoms with Crippen molar-refractivity contribution in [3.8, 4) is 0 Å². The molecule has 1 aromatic carbocycles. The Morgan fingerprint density at radius 1 is 1.38 bits per heavy atom. The molecule has 1 aromatic rings. The fraction of sp³-hybridized carbons (Fsp3) is 0.533. The predicted molar refractivity (Wildman–Crippen MR) is 82.8 cm³/mol. The summed E-state index contributed by atoms with van der Waals surface area (Å²) in [7, 11) is 1.54. The molecule has 4 nitrogen and oxygen atoms in total. The molecule has 1 unspecified atom stereocenters. The summed E-state index contributed by atoms with van der Waals surface area (Å²) in [5.74, 6) is -0.0432. The van der Waals surface area contributed by atoms with Gasteiger partial charge in [0.05, 0.1) is 23.2 Å². The van der Waals surface area contributed by atoms with Gasteiger partial charge >= 0.3 is 0 Å². The van der Waals surface area contributed by atoms with Crippen molar-refractivity contribution >= 4 is 29.1 Å². The maximum atomic E-state index is 12.4. The molecule has 0 aliphatic carbocycles. The van der Waals surface area contributed by atoms with Gasteiger partial charge in [0.1, 0.15) is 11.7 Å². The molecule has 2 rings (SSSR count). The van der Waals surface area contributed by atoms with Crippen molar-refractivity contribution in [2.24, 2.45) is 0 Å². The molecule has 1 amide bonds. The first-order chi connectivity index (χ1) is 9.85. The smallest absolute Gasteiger partial charge is 0.254 e. The lowest BCUT2D eigenvalue weighted by molar-refractivity contribution is -0.158. The summed E-state index contributed by atoms with van der Waals surface area (Å²) >= 11 is 12.0. The predicted octanol–water partition coefficient (Wildman–Crippen LogP) is 3.32. The van der Waals surface area contributed by atoms with Crippen molar-refractivity contribution in [1.82, 2.24) is 4.90 Å². The molecule has 0 saturated carbocycles. The Morgan fingerprint density at radius 3 is 2.71 bits per heavy atom. The minimum atomic E-state index is -0.834. The molecular weight excluding hydrogens is 313 g/mol. The number of benzene rings is 1. The number of carbonyl (C=O) groups excluding carboxylic acids is 1. The van der Waals surface area contributed by atoms with Crippen LogP contribution in [0.1, 0.15) is 25.5 Å². The average Bonchev–Trinajstić information content (AvgIpc) is 2.49. The van der Waals surface area contributed by atoms with Gasteiger partial charge in [0, 0.05) is 13.7 Å². The largest absolute Gasteiger partial charge is 0.370 e. The number of methoxy groups -OCH3 is 1. The van der Waals surface area contributed by atoms with E-state index in [4.69, 9.17) is 32.7 Å². The van der Waals surface area contributed by atoms with Gasteiger partial charge < -0.3 is 14.4 Å². The van der Waals surface area contributed by atoms with Crippen molar-refractivity contribution in [2.45, 2.75) is 25.6 Å². The zero-order chi connectivity index (χ0) is 15.6. The molecule has 1 fully saturated rings. The molecule has 0 bridgehead atoms. The van der Waals surface area contributed by atoms with Gasteiger partial charge in [0.25, 0.3) is 5.91 Å². The van der Waals surface area contributed by atoms with Gasteiger partial charge in [0.2, 0.25) is 0 Å². The van der Waals surface area contributed by atoms with Crippen LogP contribution in [-0.4, -0.2) is 43.2 Å². The summed E-state index contributed by atoms with van der Waals surface area (Å²) in [4.78, 5) is 14.2. The van der Waals surface area contributed by atoms with Crippen LogP contribution in [0, 0.1) is 0 Å². The number of hydrogen-bond acceptors (Lipinski definition) is 3. The minimum absolute atomic E-state index is 0.0432. The third-order valence-electron chi connectivity index (χ3n) is 3.69. The number of halogens is 2. The second-order valence-electron chi connectivity index (χ2n) is 5.50. The van der Waals surface area contributed by atoms with Crippen molar-refractivity contribution < 1.29 is 14.3 Å². The summed E-state index contributed by atoms with van der Waals surface area (Å²) in [6.07, 6.45) is -0.204. The highest BCUT2D eigenvalue weighted by Gasteiger charge is 2.35. The monoisotopic (exact) mass is 331 g/mol. The topological polar surface area (TPSA) is 38.8 Å². The van der Waals surface area contributed by atoms with E-state index in [1.165, 1.54) is 7.11 Å². The Balaban J connectivity index is 2.14. The lowest BCUT2D eigenvalue weighted by Gasteiger charge is -2.37. The van der Waals surface area contributed by atoms with Crippen LogP contribution in [0.4, 0.5) is 0 Å². The molecule has 21 heavy (non-hydrogen) atoms. The third-order valence-corrected chi connectivity index (χ3v) is 4.43. The number of nitrogens with zero attached hydrogens (tertiary/aromatic N) is 1. The lowest BCUT2D eigenvalue weighted by Crippen LogP contribution is -2.51. The number of rotatable bonds is 3. The molecule has 0 aromatic heterocycles. The van der Waals surface area contributed by atoms with Crippen LogP contribution < -0.4 is 0 Å². The third kappa shape index (κ3) is 3.69. The molecule has 1 atom stereocenters. The van der Waals surface area contributed by atoms with Crippen molar-refractivity contribution in [2.75, 3.05) is 26.8 Å². The first kappa shape index (κ1) is 16.6. The van der Waals surface area contributed by atoms with Gasteiger partial charge in [-0.25, -0.2) is 0 Å². The number of hydrogen-bond donors (Lipinski definition) is 0. The Kier molecular flexibility index (Phi) is 5.15. The van der Waals surface area contributed by atoms with Gasteiger partial charge in [-0.1, -0.05) is 29.3 Å². The maximum Gasteiger partial charge on any atom is 0.254 e. The van der Waals surface area contributed by atoms with Crippen LogP contribution >= 0.6 is 23.2 Å². The van der Waals surface area contributed by atoms with Crippen molar-refractivity contribution in [3.05, 3.63) is 33.8 Å². The molecule has 0 N–H and O–H groups in total. The van der Waals surface area contributed by atoms with E-state index >= 15 is 0 Å². The molecule has 1 heterocycles. The van der Waals surface area contributed by atoms with E-state index in [2.05, 4.69) is 0 Å². The summed E-state index contributed by atoms with van der Waals surface area (Å²) in [5.41, 5.74) is 0.0802. The molecule has 0 radical (unpaired) electrons. The summed E-state index contributed by atoms with van der Waals surface area (Å²) in [5, 5.41) is 0.989. The highest BCUT2D eigenvalue weighted by atomic mass is 35.5. The van der Waals surface area contributed by atoms with Crippen molar-refractivity contribution in [3.63, 3.8) is 0 Å². The number of morpholine rings is 1. The zero-order valence-electron chi connectivity index (χ0n) is 12.4. The van der Waals surface area contributed by atoms with Crippen LogP contribution in [0.3, 0.4) is 0 Å². The minimum Gasteiger partial charge on any atom is -0.370 e. The van der Waals surface area contributed by atoms with Crippen LogP contribution in [0.2, 0.25) is 10.0 Å². The maximum absolute atomic E-state index is 12.4. The van der Waals surface area contributed by atoms with Gasteiger partial charge in [-0.3, -0.25) is 4.79 Å². The number of ether oxygens (including phenoxy) is 2. The van der Waals surface area contributed by atoms with Gasteiger partial charge in [-0.2, -0.15) is 0 Å². The van der Waals surface area contributed by atoms with E-state index < -0.39 is 5.60 Å². The van der Waals surface area contributed by atoms with Crippen molar-refractivity contribution in [1.29, 1.82) is 0 Å². The van der Waals surface area contributed by atoms with E-state index in [1.54, 1.807) is 30.9 Å². The molecule has 1 aliphatic rings. The van der Waals surface area contributed by atoms with Crippen LogP contribution in [0.25, 0.3) is 0 Å². The molecule has 0 spiro atoms. The Labute approximate surface area is 134 Å². The molecule has 1 saturated heterocycles. The Hall–Kier alpha value is -0.810. The van der Waals surface area contributed by atoms with E-state index in [-0.39, 0.29) is 12.0 Å². The number of amides is 1. The second kappa shape index (κ2) is 6.53. The van der Waals surface area contributed by atoms with Gasteiger partial charge in [-0.05, 0) is 31.5 Å². The average molecular weight is 332 g/mol. The first-order valence-electron chi connectivity index (χ1n) is 6.76. The fourth-order valence-corrected chi connectivity index (χ4v) is 2.52. The lowest BCUT2D eigenvalue weighted by atomic mass is 10.0. The first-order valence-corrected chi connectivity index (χ1v) is 7.52. The SMILES string of the molecule is COC(C)(C)C(=O)N1CCOC(c2ccc(Cl)c(Cl)c2)C1. The molecular formula is C15H19Cl2NO3. The van der Waals surface area contributed by atoms with Crippen LogP contribution in [0.15, 0.2) is 18.2 Å². The Morgan fingerprint density at radius 2 is 2.10 bits per heavy atom. The highest BCUT2D eigenvalue weighted by Crippen LogP contribution is 2.29. The van der Waals surface area contributed by atoms with E-state index in [0.717, 1.165) is 5.56 Å². The fourth-order valence-electron chi connectivity index (χ4n) is 2.22. The van der Waals surface area contributed by atoms with Gasteiger partial charge in [-0.15, -0.1) is 0 Å².